The molecule has 186 valence electrons. The number of aromatic nitrogens is 1. The number of anilines is 1. The van der Waals surface area contributed by atoms with Gasteiger partial charge in [0.25, 0.3) is 5.91 Å². The van der Waals surface area contributed by atoms with Gasteiger partial charge in [0.15, 0.2) is 0 Å². The van der Waals surface area contributed by atoms with E-state index in [1.54, 1.807) is 6.07 Å². The number of carboxylic acids is 1. The van der Waals surface area contributed by atoms with Crippen molar-refractivity contribution in [2.75, 3.05) is 24.5 Å². The lowest BCUT2D eigenvalue weighted by atomic mass is 9.93. The first-order valence-electron chi connectivity index (χ1n) is 11.4. The van der Waals surface area contributed by atoms with Gasteiger partial charge in [0.05, 0.1) is 11.1 Å². The molecule has 1 aliphatic rings. The summed E-state index contributed by atoms with van der Waals surface area (Å²) in [4.78, 5) is 32.0. The average Bonchev–Trinajstić information content (AvgIpc) is 3.34. The van der Waals surface area contributed by atoms with Crippen molar-refractivity contribution < 1.29 is 14.7 Å². The number of carboxylic acid groups (broad SMARTS) is 1. The van der Waals surface area contributed by atoms with Gasteiger partial charge >= 0.3 is 5.97 Å². The lowest BCUT2D eigenvalue weighted by molar-refractivity contribution is -0.137. The van der Waals surface area contributed by atoms with Crippen LogP contribution in [0.15, 0.2) is 46.9 Å². The van der Waals surface area contributed by atoms with E-state index in [0.717, 1.165) is 58.3 Å². The Balaban J connectivity index is 0.00000342. The van der Waals surface area contributed by atoms with E-state index in [2.05, 4.69) is 26.1 Å². The number of nitrogens with one attached hydrogen (secondary N) is 1. The van der Waals surface area contributed by atoms with Gasteiger partial charge in [0.2, 0.25) is 0 Å². The van der Waals surface area contributed by atoms with Gasteiger partial charge in [-0.3, -0.25) is 9.59 Å². The molecule has 0 bridgehead atoms. The Kier molecular flexibility index (Phi) is 9.39. The van der Waals surface area contributed by atoms with E-state index in [0.29, 0.717) is 17.0 Å². The van der Waals surface area contributed by atoms with Crippen LogP contribution in [0.1, 0.15) is 53.1 Å². The Labute approximate surface area is 224 Å². The summed E-state index contributed by atoms with van der Waals surface area (Å²) in [6, 6.07) is 13.2. The highest BCUT2D eigenvalue weighted by atomic mass is 79.9. The molecule has 0 radical (unpaired) electrons. The molecule has 1 atom stereocenters. The number of hydrogen-bond donors (Lipinski definition) is 2. The minimum atomic E-state index is -0.876. The fourth-order valence-electron chi connectivity index (χ4n) is 4.62. The molecule has 1 amide bonds. The standard InChI is InChI=1S/C26H27BrClN3O3.ClH/c1-16-24(20-14-18(27)9-10-22(20)30-25(16)31-12-4-5-13-31)26(34)29-15-17(8-11-23(32)33)19-6-2-3-7-21(19)28;/h2-3,6-7,9-10,14,17H,4-5,8,11-13,15H2,1H3,(H,29,34)(H,32,33);1H/t17-;/m0./s1. The summed E-state index contributed by atoms with van der Waals surface area (Å²) in [5, 5.41) is 13.6. The number of carbonyl (C=O) groups is 2. The van der Waals surface area contributed by atoms with Crippen LogP contribution in [0.25, 0.3) is 10.9 Å². The summed E-state index contributed by atoms with van der Waals surface area (Å²) in [6.07, 6.45) is 2.60. The van der Waals surface area contributed by atoms with Crippen molar-refractivity contribution in [1.29, 1.82) is 0 Å². The fraction of sp³-hybridized carbons (Fsp3) is 0.346. The topological polar surface area (TPSA) is 82.5 Å². The minimum absolute atomic E-state index is 0. The van der Waals surface area contributed by atoms with Crippen LogP contribution >= 0.6 is 39.9 Å². The van der Waals surface area contributed by atoms with Crippen molar-refractivity contribution >= 4 is 68.5 Å². The third-order valence-corrected chi connectivity index (χ3v) is 7.20. The van der Waals surface area contributed by atoms with Gasteiger partial charge in [0, 0.05) is 52.4 Å². The van der Waals surface area contributed by atoms with Gasteiger partial charge in [-0.1, -0.05) is 45.7 Å². The lowest BCUT2D eigenvalue weighted by Gasteiger charge is -2.23. The second-order valence-corrected chi connectivity index (χ2v) is 9.97. The number of pyridine rings is 1. The van der Waals surface area contributed by atoms with Crippen molar-refractivity contribution in [1.82, 2.24) is 10.3 Å². The van der Waals surface area contributed by atoms with Crippen LogP contribution < -0.4 is 10.2 Å². The van der Waals surface area contributed by atoms with E-state index in [1.807, 2.05) is 43.3 Å². The molecule has 6 nitrogen and oxygen atoms in total. The second-order valence-electron chi connectivity index (χ2n) is 8.65. The summed E-state index contributed by atoms with van der Waals surface area (Å²) in [5.74, 6) is -0.437. The number of benzene rings is 2. The number of carbonyl (C=O) groups excluding carboxylic acids is 1. The first kappa shape index (κ1) is 27.2. The van der Waals surface area contributed by atoms with Crippen molar-refractivity contribution in [2.45, 2.75) is 38.5 Å². The smallest absolute Gasteiger partial charge is 0.303 e. The third-order valence-electron chi connectivity index (χ3n) is 6.36. The van der Waals surface area contributed by atoms with Crippen LogP contribution in [-0.4, -0.2) is 41.6 Å². The molecule has 2 N–H and O–H groups in total. The molecule has 3 aromatic rings. The molecule has 1 aliphatic heterocycles. The Morgan fingerprint density at radius 3 is 2.60 bits per heavy atom. The highest BCUT2D eigenvalue weighted by Crippen LogP contribution is 2.32. The molecule has 1 aromatic heterocycles. The fourth-order valence-corrected chi connectivity index (χ4v) is 5.27. The molecule has 2 aromatic carbocycles. The van der Waals surface area contributed by atoms with Gasteiger partial charge in [-0.2, -0.15) is 0 Å². The molecule has 2 heterocycles. The number of rotatable bonds is 8. The number of fused-ring (bicyclic) bond motifs is 1. The van der Waals surface area contributed by atoms with E-state index in [-0.39, 0.29) is 37.2 Å². The Morgan fingerprint density at radius 1 is 1.20 bits per heavy atom. The molecule has 0 saturated carbocycles. The molecule has 1 saturated heterocycles. The molecule has 0 aliphatic carbocycles. The molecule has 0 spiro atoms. The van der Waals surface area contributed by atoms with E-state index in [1.165, 1.54) is 0 Å². The Morgan fingerprint density at radius 2 is 1.91 bits per heavy atom. The second kappa shape index (κ2) is 12.1. The van der Waals surface area contributed by atoms with Gasteiger partial charge in [0.1, 0.15) is 5.82 Å². The van der Waals surface area contributed by atoms with Crippen LogP contribution in [-0.2, 0) is 4.79 Å². The normalized spacial score (nSPS) is 14.0. The van der Waals surface area contributed by atoms with Gasteiger partial charge in [-0.25, -0.2) is 4.98 Å². The number of nitrogens with zero attached hydrogens (tertiary/aromatic N) is 2. The van der Waals surface area contributed by atoms with E-state index in [4.69, 9.17) is 16.6 Å². The van der Waals surface area contributed by atoms with Crippen LogP contribution in [0.5, 0.6) is 0 Å². The highest BCUT2D eigenvalue weighted by molar-refractivity contribution is 9.10. The molecule has 4 rings (SSSR count). The zero-order chi connectivity index (χ0) is 24.2. The van der Waals surface area contributed by atoms with Crippen molar-refractivity contribution in [3.05, 3.63) is 68.7 Å². The summed E-state index contributed by atoms with van der Waals surface area (Å²) >= 11 is 9.92. The summed E-state index contributed by atoms with van der Waals surface area (Å²) < 4.78 is 0.875. The van der Waals surface area contributed by atoms with Crippen LogP contribution in [0.4, 0.5) is 5.82 Å². The third kappa shape index (κ3) is 6.26. The number of aliphatic carboxylic acids is 1. The summed E-state index contributed by atoms with van der Waals surface area (Å²) in [7, 11) is 0. The van der Waals surface area contributed by atoms with Gasteiger partial charge in [-0.15, -0.1) is 12.4 Å². The van der Waals surface area contributed by atoms with Crippen molar-refractivity contribution in [3.63, 3.8) is 0 Å². The molecule has 35 heavy (non-hydrogen) atoms. The predicted molar refractivity (Wildman–Crippen MR) is 146 cm³/mol. The maximum Gasteiger partial charge on any atom is 0.303 e. The van der Waals surface area contributed by atoms with Gasteiger partial charge in [-0.05, 0) is 56.0 Å². The maximum atomic E-state index is 13.6. The summed E-state index contributed by atoms with van der Waals surface area (Å²) in [5.41, 5.74) is 3.06. The quantitative estimate of drug-likeness (QED) is 0.324. The van der Waals surface area contributed by atoms with Gasteiger partial charge < -0.3 is 15.3 Å². The van der Waals surface area contributed by atoms with Crippen LogP contribution in [0.2, 0.25) is 5.02 Å². The summed E-state index contributed by atoms with van der Waals surface area (Å²) in [6.45, 7) is 4.10. The lowest BCUT2D eigenvalue weighted by Crippen LogP contribution is -2.30. The monoisotopic (exact) mass is 579 g/mol. The molecule has 1 fully saturated rings. The SMILES string of the molecule is Cc1c(N2CCCC2)nc2ccc(Br)cc2c1C(=O)NC[C@H](CCC(=O)O)c1ccccc1Cl.Cl. The zero-order valence-electron chi connectivity index (χ0n) is 19.4. The molecule has 9 heteroatoms. The molecule has 0 unspecified atom stereocenters. The highest BCUT2D eigenvalue weighted by Gasteiger charge is 2.24. The maximum absolute atomic E-state index is 13.6. The minimum Gasteiger partial charge on any atom is -0.481 e. The van der Waals surface area contributed by atoms with E-state index >= 15 is 0 Å². The van der Waals surface area contributed by atoms with Crippen LogP contribution in [0.3, 0.4) is 0 Å². The molecular formula is C26H28BrCl2N3O3. The van der Waals surface area contributed by atoms with Crippen molar-refractivity contribution in [3.8, 4) is 0 Å². The molecular weight excluding hydrogens is 553 g/mol. The van der Waals surface area contributed by atoms with Crippen LogP contribution in [0, 0.1) is 6.92 Å². The zero-order valence-corrected chi connectivity index (χ0v) is 22.5. The van der Waals surface area contributed by atoms with E-state index < -0.39 is 5.97 Å². The number of halogens is 3. The largest absolute Gasteiger partial charge is 0.481 e. The van der Waals surface area contributed by atoms with E-state index in [9.17, 15) is 14.7 Å². The Hall–Kier alpha value is -2.35. The predicted octanol–water partition coefficient (Wildman–Crippen LogP) is 6.36. The first-order valence-corrected chi connectivity index (χ1v) is 12.6. The first-order chi connectivity index (χ1) is 16.3. The Bertz CT molecular complexity index is 1230. The van der Waals surface area contributed by atoms with Crippen molar-refractivity contribution in [2.24, 2.45) is 0 Å². The number of hydrogen-bond acceptors (Lipinski definition) is 4. The average molecular weight is 581 g/mol. The number of amides is 1.